The summed E-state index contributed by atoms with van der Waals surface area (Å²) in [6.07, 6.45) is 1.70. The first-order valence-corrected chi connectivity index (χ1v) is 15.7. The van der Waals surface area contributed by atoms with Gasteiger partial charge in [-0.2, -0.15) is 0 Å². The molecule has 0 spiro atoms. The Kier molecular flexibility index (Phi) is 11.2. The minimum absolute atomic E-state index is 0.0114. The fourth-order valence-corrected chi connectivity index (χ4v) is 6.07. The van der Waals surface area contributed by atoms with Gasteiger partial charge in [-0.3, -0.25) is 13.9 Å². The van der Waals surface area contributed by atoms with E-state index >= 15 is 0 Å². The zero-order valence-corrected chi connectivity index (χ0v) is 26.4. The molecule has 220 valence electrons. The van der Waals surface area contributed by atoms with Crippen molar-refractivity contribution in [1.82, 2.24) is 10.2 Å². The lowest BCUT2D eigenvalue weighted by molar-refractivity contribution is -0.139. The van der Waals surface area contributed by atoms with Gasteiger partial charge in [0.25, 0.3) is 10.0 Å². The summed E-state index contributed by atoms with van der Waals surface area (Å²) in [6.45, 7) is 9.27. The van der Waals surface area contributed by atoms with E-state index in [-0.39, 0.29) is 17.3 Å². The molecule has 0 aliphatic rings. The van der Waals surface area contributed by atoms with Crippen molar-refractivity contribution in [3.63, 3.8) is 0 Å². The molecule has 0 bridgehead atoms. The van der Waals surface area contributed by atoms with Gasteiger partial charge in [0.15, 0.2) is 0 Å². The van der Waals surface area contributed by atoms with Gasteiger partial charge in [0, 0.05) is 23.1 Å². The smallest absolute Gasteiger partial charge is 0.264 e. The second-order valence-corrected chi connectivity index (χ2v) is 12.9. The lowest BCUT2D eigenvalue weighted by Crippen LogP contribution is -2.51. The summed E-state index contributed by atoms with van der Waals surface area (Å²) in [5.41, 5.74) is 3.71. The molecule has 2 amide bonds. The Bertz CT molecular complexity index is 1490. The fraction of sp³-hybridized carbons (Fsp3) is 0.355. The highest BCUT2D eigenvalue weighted by Gasteiger charge is 2.33. The first kappa shape index (κ1) is 32.4. The number of rotatable bonds is 12. The molecule has 3 aromatic carbocycles. The zero-order chi connectivity index (χ0) is 30.3. The molecule has 1 N–H and O–H groups in total. The topological polar surface area (TPSA) is 86.8 Å². The first-order chi connectivity index (χ1) is 19.3. The number of amides is 2. The summed E-state index contributed by atoms with van der Waals surface area (Å²) >= 11 is 12.5. The average molecular weight is 619 g/mol. The molecule has 0 aromatic heterocycles. The van der Waals surface area contributed by atoms with Crippen molar-refractivity contribution in [2.75, 3.05) is 17.4 Å². The van der Waals surface area contributed by atoms with Crippen molar-refractivity contribution < 1.29 is 18.0 Å². The number of benzene rings is 3. The predicted molar refractivity (Wildman–Crippen MR) is 166 cm³/mol. The van der Waals surface area contributed by atoms with Crippen molar-refractivity contribution >= 4 is 50.7 Å². The largest absolute Gasteiger partial charge is 0.354 e. The van der Waals surface area contributed by atoms with Gasteiger partial charge in [0.1, 0.15) is 12.6 Å². The van der Waals surface area contributed by atoms with E-state index in [1.165, 1.54) is 17.0 Å². The molecule has 10 heteroatoms. The number of sulfonamides is 1. The van der Waals surface area contributed by atoms with Gasteiger partial charge in [-0.05, 0) is 87.2 Å². The van der Waals surface area contributed by atoms with Crippen LogP contribution in [0, 0.1) is 20.8 Å². The van der Waals surface area contributed by atoms with E-state index in [0.29, 0.717) is 27.8 Å². The number of nitrogens with one attached hydrogen (secondary N) is 1. The quantitative estimate of drug-likeness (QED) is 0.237. The van der Waals surface area contributed by atoms with Gasteiger partial charge < -0.3 is 10.2 Å². The van der Waals surface area contributed by atoms with E-state index in [4.69, 9.17) is 23.2 Å². The van der Waals surface area contributed by atoms with Crippen LogP contribution in [0.25, 0.3) is 0 Å². The fourth-order valence-electron chi connectivity index (χ4n) is 4.20. The van der Waals surface area contributed by atoms with Crippen molar-refractivity contribution in [2.24, 2.45) is 0 Å². The van der Waals surface area contributed by atoms with Crippen LogP contribution in [0.15, 0.2) is 65.6 Å². The third kappa shape index (κ3) is 8.24. The molecule has 0 saturated heterocycles. The van der Waals surface area contributed by atoms with Crippen LogP contribution in [0.5, 0.6) is 0 Å². The maximum absolute atomic E-state index is 14.0. The average Bonchev–Trinajstić information content (AvgIpc) is 2.92. The van der Waals surface area contributed by atoms with Crippen molar-refractivity contribution in [1.29, 1.82) is 0 Å². The highest BCUT2D eigenvalue weighted by Crippen LogP contribution is 2.28. The van der Waals surface area contributed by atoms with E-state index in [2.05, 4.69) is 5.32 Å². The van der Waals surface area contributed by atoms with Gasteiger partial charge in [-0.25, -0.2) is 8.42 Å². The zero-order valence-electron chi connectivity index (χ0n) is 24.1. The number of nitrogens with zero attached hydrogens (tertiary/aromatic N) is 2. The second-order valence-electron chi connectivity index (χ2n) is 10.2. The molecule has 0 heterocycles. The number of hydrogen-bond donors (Lipinski definition) is 1. The molecule has 3 rings (SSSR count). The van der Waals surface area contributed by atoms with Crippen LogP contribution < -0.4 is 9.62 Å². The van der Waals surface area contributed by atoms with E-state index in [1.54, 1.807) is 49.4 Å². The van der Waals surface area contributed by atoms with Crippen LogP contribution in [-0.2, 0) is 26.2 Å². The Labute approximate surface area is 253 Å². The van der Waals surface area contributed by atoms with Crippen molar-refractivity contribution in [3.05, 3.63) is 93.0 Å². The summed E-state index contributed by atoms with van der Waals surface area (Å²) in [4.78, 5) is 28.5. The van der Waals surface area contributed by atoms with Crippen molar-refractivity contribution in [3.8, 4) is 0 Å². The van der Waals surface area contributed by atoms with Gasteiger partial charge in [0.2, 0.25) is 11.8 Å². The van der Waals surface area contributed by atoms with Crippen LogP contribution in [0.3, 0.4) is 0 Å². The predicted octanol–water partition coefficient (Wildman–Crippen LogP) is 6.45. The summed E-state index contributed by atoms with van der Waals surface area (Å²) < 4.78 is 29.0. The third-order valence-corrected chi connectivity index (χ3v) is 9.39. The lowest BCUT2D eigenvalue weighted by atomic mass is 10.1. The number of carbonyl (C=O) groups excluding carboxylic acids is 2. The van der Waals surface area contributed by atoms with Crippen molar-refractivity contribution in [2.45, 2.75) is 64.9 Å². The summed E-state index contributed by atoms with van der Waals surface area (Å²) in [7, 11) is -4.14. The lowest BCUT2D eigenvalue weighted by Gasteiger charge is -2.32. The van der Waals surface area contributed by atoms with Gasteiger partial charge in [0.05, 0.1) is 10.6 Å². The molecule has 1 atom stereocenters. The number of unbranched alkanes of at least 4 members (excludes halogenated alkanes) is 1. The van der Waals surface area contributed by atoms with Gasteiger partial charge >= 0.3 is 0 Å². The molecule has 0 saturated carbocycles. The molecular formula is C31H37Cl2N3O4S. The molecule has 3 aromatic rings. The number of hydrogen-bond acceptors (Lipinski definition) is 4. The van der Waals surface area contributed by atoms with E-state index in [9.17, 15) is 18.0 Å². The van der Waals surface area contributed by atoms with Crippen LogP contribution in [0.1, 0.15) is 48.9 Å². The van der Waals surface area contributed by atoms with Crippen LogP contribution in [0.4, 0.5) is 5.69 Å². The number of carbonyl (C=O) groups is 2. The Balaban J connectivity index is 2.05. The second kappa shape index (κ2) is 14.2. The third-order valence-electron chi connectivity index (χ3n) is 7.02. The molecule has 7 nitrogen and oxygen atoms in total. The summed E-state index contributed by atoms with van der Waals surface area (Å²) in [5, 5.41) is 3.65. The van der Waals surface area contributed by atoms with Gasteiger partial charge in [-0.1, -0.05) is 66.4 Å². The molecule has 0 aliphatic carbocycles. The molecule has 0 unspecified atom stereocenters. The first-order valence-electron chi connectivity index (χ1n) is 13.5. The van der Waals surface area contributed by atoms with Crippen LogP contribution in [0.2, 0.25) is 10.0 Å². The summed E-state index contributed by atoms with van der Waals surface area (Å²) in [5.74, 6) is -0.890. The van der Waals surface area contributed by atoms with Crippen LogP contribution in [-0.4, -0.2) is 44.3 Å². The summed E-state index contributed by atoms with van der Waals surface area (Å²) in [6, 6.07) is 15.7. The minimum atomic E-state index is -4.14. The SMILES string of the molecule is CCCCNC(=O)[C@H](C)N(Cc1ccc(Cl)cc1Cl)C(=O)CN(c1ccc(C)c(C)c1)S(=O)(=O)c1ccc(C)cc1. The minimum Gasteiger partial charge on any atom is -0.354 e. The number of halogens is 2. The Morgan fingerprint density at radius 3 is 2.22 bits per heavy atom. The molecular weight excluding hydrogens is 581 g/mol. The molecule has 0 radical (unpaired) electrons. The van der Waals surface area contributed by atoms with E-state index in [0.717, 1.165) is 33.8 Å². The Morgan fingerprint density at radius 1 is 0.927 bits per heavy atom. The molecule has 41 heavy (non-hydrogen) atoms. The Hall–Kier alpha value is -3.07. The monoisotopic (exact) mass is 617 g/mol. The highest BCUT2D eigenvalue weighted by molar-refractivity contribution is 7.92. The normalized spacial score (nSPS) is 12.1. The Morgan fingerprint density at radius 2 is 1.61 bits per heavy atom. The van der Waals surface area contributed by atoms with Crippen LogP contribution >= 0.6 is 23.2 Å². The standard InChI is InChI=1S/C31H37Cl2N3O4S/c1-6-7-16-34-31(38)24(5)35(19-25-11-12-26(32)18-29(25)33)30(37)20-36(27-13-10-22(3)23(4)17-27)41(39,40)28-14-8-21(2)9-15-28/h8-15,17-18,24H,6-7,16,19-20H2,1-5H3,(H,34,38)/t24-/m0/s1. The highest BCUT2D eigenvalue weighted by atomic mass is 35.5. The van der Waals surface area contributed by atoms with E-state index in [1.807, 2.05) is 33.8 Å². The number of aryl methyl sites for hydroxylation is 3. The van der Waals surface area contributed by atoms with Gasteiger partial charge in [-0.15, -0.1) is 0 Å². The maximum atomic E-state index is 14.0. The molecule has 0 fully saturated rings. The maximum Gasteiger partial charge on any atom is 0.264 e. The molecule has 0 aliphatic heterocycles. The number of anilines is 1. The van der Waals surface area contributed by atoms with E-state index < -0.39 is 28.5 Å².